The SMILES string of the molecule is NC1CC(Nc2nc3ccc(Cl)cc3s2)CN1S(=O)(=O)c1ccccc1[N+](=O)[O-]. The van der Waals surface area contributed by atoms with E-state index in [-0.39, 0.29) is 17.5 Å². The van der Waals surface area contributed by atoms with Crippen LogP contribution in [0.15, 0.2) is 47.4 Å². The van der Waals surface area contributed by atoms with Gasteiger partial charge in [-0.05, 0) is 30.7 Å². The number of halogens is 1. The number of nitro groups is 1. The number of rotatable bonds is 5. The molecule has 1 aromatic heterocycles. The minimum Gasteiger partial charge on any atom is -0.357 e. The molecule has 0 radical (unpaired) electrons. The number of anilines is 1. The summed E-state index contributed by atoms with van der Waals surface area (Å²) in [4.78, 5) is 14.6. The van der Waals surface area contributed by atoms with Gasteiger partial charge in [0.25, 0.3) is 15.7 Å². The van der Waals surface area contributed by atoms with E-state index in [1.807, 2.05) is 12.1 Å². The van der Waals surface area contributed by atoms with Crippen molar-refractivity contribution in [2.24, 2.45) is 5.73 Å². The summed E-state index contributed by atoms with van der Waals surface area (Å²) in [5.41, 5.74) is 6.38. The molecule has 0 amide bonds. The second-order valence-corrected chi connectivity index (χ2v) is 9.90. The minimum atomic E-state index is -4.13. The lowest BCUT2D eigenvalue weighted by atomic mass is 10.2. The summed E-state index contributed by atoms with van der Waals surface area (Å²) in [5.74, 6) is 0. The molecule has 1 aliphatic heterocycles. The smallest absolute Gasteiger partial charge is 0.289 e. The summed E-state index contributed by atoms with van der Waals surface area (Å²) in [6.07, 6.45) is -0.461. The fourth-order valence-corrected chi connectivity index (χ4v) is 6.25. The van der Waals surface area contributed by atoms with Crippen LogP contribution in [-0.4, -0.2) is 41.4 Å². The van der Waals surface area contributed by atoms with Crippen molar-refractivity contribution in [2.75, 3.05) is 11.9 Å². The number of benzene rings is 2. The number of nitro benzene ring substituents is 1. The van der Waals surface area contributed by atoms with E-state index in [0.29, 0.717) is 16.6 Å². The Balaban J connectivity index is 1.57. The van der Waals surface area contributed by atoms with Crippen molar-refractivity contribution < 1.29 is 13.3 Å². The lowest BCUT2D eigenvalue weighted by Gasteiger charge is -2.20. The molecule has 12 heteroatoms. The van der Waals surface area contributed by atoms with E-state index in [9.17, 15) is 18.5 Å². The largest absolute Gasteiger partial charge is 0.357 e. The summed E-state index contributed by atoms with van der Waals surface area (Å²) in [6, 6.07) is 10.3. The van der Waals surface area contributed by atoms with Gasteiger partial charge >= 0.3 is 0 Å². The Morgan fingerprint density at radius 2 is 2.07 bits per heavy atom. The highest BCUT2D eigenvalue weighted by atomic mass is 35.5. The zero-order valence-corrected chi connectivity index (χ0v) is 17.2. The fourth-order valence-electron chi connectivity index (χ4n) is 3.30. The number of nitrogens with zero attached hydrogens (tertiary/aromatic N) is 3. The van der Waals surface area contributed by atoms with Gasteiger partial charge in [0, 0.05) is 23.7 Å². The van der Waals surface area contributed by atoms with Gasteiger partial charge in [-0.25, -0.2) is 13.4 Å². The molecular formula is C17H16ClN5O4S2. The number of aromatic nitrogens is 1. The van der Waals surface area contributed by atoms with E-state index >= 15 is 0 Å². The Bertz CT molecular complexity index is 1200. The molecule has 0 saturated carbocycles. The number of nitrogens with two attached hydrogens (primary N) is 1. The number of hydrogen-bond donors (Lipinski definition) is 2. The van der Waals surface area contributed by atoms with Crippen molar-refractivity contribution in [1.82, 2.24) is 9.29 Å². The molecule has 2 unspecified atom stereocenters. The molecule has 2 aromatic carbocycles. The monoisotopic (exact) mass is 453 g/mol. The van der Waals surface area contributed by atoms with Gasteiger partial charge in [0.05, 0.1) is 21.3 Å². The maximum absolute atomic E-state index is 13.0. The van der Waals surface area contributed by atoms with Crippen molar-refractivity contribution in [1.29, 1.82) is 0 Å². The third-order valence-corrected chi connectivity index (χ3v) is 7.75. The second-order valence-electron chi connectivity index (χ2n) is 6.57. The number of fused-ring (bicyclic) bond motifs is 1. The van der Waals surface area contributed by atoms with E-state index < -0.39 is 26.8 Å². The summed E-state index contributed by atoms with van der Waals surface area (Å²) in [5, 5.41) is 15.7. The molecule has 3 N–H and O–H groups in total. The summed E-state index contributed by atoms with van der Waals surface area (Å²) in [6.45, 7) is 0.0756. The van der Waals surface area contributed by atoms with Crippen LogP contribution in [0, 0.1) is 10.1 Å². The Morgan fingerprint density at radius 3 is 2.83 bits per heavy atom. The zero-order valence-electron chi connectivity index (χ0n) is 14.9. The van der Waals surface area contributed by atoms with Gasteiger partial charge in [-0.3, -0.25) is 10.1 Å². The minimum absolute atomic E-state index is 0.0756. The molecule has 1 fully saturated rings. The number of thiazole rings is 1. The predicted octanol–water partition coefficient (Wildman–Crippen LogP) is 3.02. The van der Waals surface area contributed by atoms with Gasteiger partial charge in [0.1, 0.15) is 0 Å². The molecule has 3 aromatic rings. The molecule has 0 spiro atoms. The summed E-state index contributed by atoms with van der Waals surface area (Å²) >= 11 is 7.41. The molecule has 4 rings (SSSR count). The lowest BCUT2D eigenvalue weighted by molar-refractivity contribution is -0.387. The van der Waals surface area contributed by atoms with Gasteiger partial charge in [-0.2, -0.15) is 4.31 Å². The molecular weight excluding hydrogens is 438 g/mol. The molecule has 2 heterocycles. The topological polar surface area (TPSA) is 131 Å². The number of hydrogen-bond acceptors (Lipinski definition) is 8. The average molecular weight is 454 g/mol. The highest BCUT2D eigenvalue weighted by Crippen LogP contribution is 2.33. The van der Waals surface area contributed by atoms with Crippen molar-refractivity contribution in [3.8, 4) is 0 Å². The Kier molecular flexibility index (Phi) is 5.17. The molecule has 9 nitrogen and oxygen atoms in total. The molecule has 152 valence electrons. The van der Waals surface area contributed by atoms with E-state index in [1.54, 1.807) is 6.07 Å². The van der Waals surface area contributed by atoms with Gasteiger partial charge in [0.15, 0.2) is 10.0 Å². The first kappa shape index (κ1) is 20.0. The highest BCUT2D eigenvalue weighted by molar-refractivity contribution is 7.89. The molecule has 2 atom stereocenters. The van der Waals surface area contributed by atoms with Crippen LogP contribution in [0.1, 0.15) is 6.42 Å². The van der Waals surface area contributed by atoms with Crippen LogP contribution in [0.25, 0.3) is 10.2 Å². The highest BCUT2D eigenvalue weighted by Gasteiger charge is 2.41. The normalized spacial score (nSPS) is 20.2. The number of para-hydroxylation sites is 1. The lowest BCUT2D eigenvalue weighted by Crippen LogP contribution is -2.41. The van der Waals surface area contributed by atoms with Crippen LogP contribution < -0.4 is 11.1 Å². The van der Waals surface area contributed by atoms with E-state index in [4.69, 9.17) is 17.3 Å². The van der Waals surface area contributed by atoms with Crippen molar-refractivity contribution in [3.63, 3.8) is 0 Å². The molecule has 29 heavy (non-hydrogen) atoms. The van der Waals surface area contributed by atoms with Crippen LogP contribution in [-0.2, 0) is 10.0 Å². The summed E-state index contributed by atoms with van der Waals surface area (Å²) < 4.78 is 28.1. The third kappa shape index (κ3) is 3.79. The van der Waals surface area contributed by atoms with Crippen LogP contribution in [0.5, 0.6) is 0 Å². The Labute approximate surface area is 175 Å². The third-order valence-electron chi connectivity index (χ3n) is 4.62. The van der Waals surface area contributed by atoms with Crippen LogP contribution in [0.3, 0.4) is 0 Å². The van der Waals surface area contributed by atoms with Crippen LogP contribution in [0.4, 0.5) is 10.8 Å². The van der Waals surface area contributed by atoms with E-state index in [0.717, 1.165) is 20.6 Å². The standard InChI is InChI=1S/C17H16ClN5O4S2/c18-10-5-6-12-14(7-10)28-17(21-12)20-11-8-16(19)22(9-11)29(26,27)15-4-2-1-3-13(15)23(24)25/h1-7,11,16H,8-9,19H2,(H,20,21). The van der Waals surface area contributed by atoms with Gasteiger partial charge in [0.2, 0.25) is 0 Å². The number of nitrogens with one attached hydrogen (secondary N) is 1. The van der Waals surface area contributed by atoms with Crippen molar-refractivity contribution in [2.45, 2.75) is 23.5 Å². The van der Waals surface area contributed by atoms with E-state index in [1.165, 1.54) is 29.5 Å². The maximum Gasteiger partial charge on any atom is 0.289 e. The van der Waals surface area contributed by atoms with Gasteiger partial charge in [-0.1, -0.05) is 35.1 Å². The van der Waals surface area contributed by atoms with E-state index in [2.05, 4.69) is 10.3 Å². The average Bonchev–Trinajstić information content (AvgIpc) is 3.24. The first-order valence-corrected chi connectivity index (χ1v) is 11.2. The molecule has 0 aliphatic carbocycles. The fraction of sp³-hybridized carbons (Fsp3) is 0.235. The Morgan fingerprint density at radius 1 is 1.31 bits per heavy atom. The summed E-state index contributed by atoms with van der Waals surface area (Å²) in [7, 11) is -4.13. The maximum atomic E-state index is 13.0. The first-order chi connectivity index (χ1) is 13.8. The molecule has 0 bridgehead atoms. The van der Waals surface area contributed by atoms with Crippen molar-refractivity contribution >= 4 is 54.0 Å². The number of sulfonamides is 1. The molecule has 1 aliphatic rings. The predicted molar refractivity (Wildman–Crippen MR) is 112 cm³/mol. The zero-order chi connectivity index (χ0) is 20.8. The quantitative estimate of drug-likeness (QED) is 0.448. The first-order valence-electron chi connectivity index (χ1n) is 8.59. The van der Waals surface area contributed by atoms with Gasteiger partial charge in [-0.15, -0.1) is 0 Å². The molecule has 1 saturated heterocycles. The van der Waals surface area contributed by atoms with Crippen molar-refractivity contribution in [3.05, 3.63) is 57.6 Å². The van der Waals surface area contributed by atoms with Gasteiger partial charge < -0.3 is 11.1 Å². The van der Waals surface area contributed by atoms with Crippen LogP contribution >= 0.6 is 22.9 Å². The van der Waals surface area contributed by atoms with Crippen LogP contribution in [0.2, 0.25) is 5.02 Å². The Hall–Kier alpha value is -2.31. The second kappa shape index (κ2) is 7.50.